The summed E-state index contributed by atoms with van der Waals surface area (Å²) in [5.41, 5.74) is 0. The molecule has 2 atom stereocenters. The smallest absolute Gasteiger partial charge is 0.244 e. The van der Waals surface area contributed by atoms with Crippen molar-refractivity contribution in [3.8, 4) is 0 Å². The highest BCUT2D eigenvalue weighted by Crippen LogP contribution is 2.25. The van der Waals surface area contributed by atoms with Crippen molar-refractivity contribution in [2.45, 2.75) is 25.9 Å². The highest BCUT2D eigenvalue weighted by atomic mass is 16.5. The zero-order chi connectivity index (χ0) is 14.7. The number of hydrogen-bond acceptors (Lipinski definition) is 6. The Kier molecular flexibility index (Phi) is 4.45. The predicted molar refractivity (Wildman–Crippen MR) is 74.4 cm³/mol. The van der Waals surface area contributed by atoms with Gasteiger partial charge in [0.15, 0.2) is 0 Å². The normalized spacial score (nSPS) is 27.2. The molecule has 0 spiro atoms. The maximum absolute atomic E-state index is 12.4. The van der Waals surface area contributed by atoms with E-state index < -0.39 is 0 Å². The molecule has 0 bridgehead atoms. The number of carbonyl (C=O) groups excluding carboxylic acids is 1. The van der Waals surface area contributed by atoms with E-state index in [0.29, 0.717) is 12.0 Å². The molecule has 0 unspecified atom stereocenters. The molecule has 1 amide bonds. The first-order chi connectivity index (χ1) is 10.3. The van der Waals surface area contributed by atoms with Gasteiger partial charge in [-0.15, -0.1) is 5.10 Å². The maximum atomic E-state index is 12.4. The number of morpholine rings is 1. The first-order valence-electron chi connectivity index (χ1n) is 7.58. The van der Waals surface area contributed by atoms with E-state index in [9.17, 15) is 4.79 Å². The second kappa shape index (κ2) is 6.48. The van der Waals surface area contributed by atoms with Crippen LogP contribution in [0.25, 0.3) is 0 Å². The first kappa shape index (κ1) is 14.4. The third-order valence-electron chi connectivity index (χ3n) is 4.49. The molecule has 21 heavy (non-hydrogen) atoms. The van der Waals surface area contributed by atoms with Crippen LogP contribution in [0, 0.1) is 5.92 Å². The van der Waals surface area contributed by atoms with Crippen LogP contribution in [0.4, 0.5) is 0 Å². The molecule has 0 radical (unpaired) electrons. The number of aromatic nitrogens is 4. The standard InChI is InChI=1S/C13H22N6O2/c1-2-11-7-18(13(20)9-19-10-14-15-16-19)8-12(11)17-3-5-21-6-4-17/h10-12H,2-9H2,1H3/t11-,12-/m0/s1. The van der Waals surface area contributed by atoms with E-state index in [1.165, 1.54) is 11.0 Å². The summed E-state index contributed by atoms with van der Waals surface area (Å²) in [6.45, 7) is 7.59. The molecule has 3 heterocycles. The lowest BCUT2D eigenvalue weighted by molar-refractivity contribution is -0.131. The zero-order valence-electron chi connectivity index (χ0n) is 12.4. The first-order valence-corrected chi connectivity index (χ1v) is 7.58. The van der Waals surface area contributed by atoms with Crippen LogP contribution < -0.4 is 0 Å². The molecule has 3 rings (SSSR count). The number of rotatable bonds is 4. The summed E-state index contributed by atoms with van der Waals surface area (Å²) >= 11 is 0. The largest absolute Gasteiger partial charge is 0.379 e. The molecule has 0 saturated carbocycles. The number of ether oxygens (including phenoxy) is 1. The van der Waals surface area contributed by atoms with Crippen molar-refractivity contribution in [2.24, 2.45) is 5.92 Å². The Morgan fingerprint density at radius 2 is 2.14 bits per heavy atom. The van der Waals surface area contributed by atoms with Gasteiger partial charge in [-0.05, 0) is 16.3 Å². The van der Waals surface area contributed by atoms with Crippen molar-refractivity contribution >= 4 is 5.91 Å². The molecule has 116 valence electrons. The van der Waals surface area contributed by atoms with Crippen LogP contribution >= 0.6 is 0 Å². The molecule has 8 heteroatoms. The van der Waals surface area contributed by atoms with E-state index in [1.807, 2.05) is 4.90 Å². The van der Waals surface area contributed by atoms with Gasteiger partial charge in [-0.3, -0.25) is 9.69 Å². The molecule has 2 aliphatic rings. The second-order valence-electron chi connectivity index (χ2n) is 5.69. The Bertz CT molecular complexity index is 459. The van der Waals surface area contributed by atoms with Gasteiger partial charge in [0, 0.05) is 32.2 Å². The van der Waals surface area contributed by atoms with Gasteiger partial charge in [-0.2, -0.15) is 0 Å². The highest BCUT2D eigenvalue weighted by molar-refractivity contribution is 5.76. The van der Waals surface area contributed by atoms with Gasteiger partial charge in [0.05, 0.1) is 13.2 Å². The Labute approximate surface area is 124 Å². The average molecular weight is 294 g/mol. The summed E-state index contributed by atoms with van der Waals surface area (Å²) in [4.78, 5) is 16.8. The molecule has 0 aromatic carbocycles. The van der Waals surface area contributed by atoms with E-state index in [-0.39, 0.29) is 12.5 Å². The van der Waals surface area contributed by atoms with E-state index in [4.69, 9.17) is 4.74 Å². The number of amides is 1. The molecule has 0 N–H and O–H groups in total. The Hall–Kier alpha value is -1.54. The summed E-state index contributed by atoms with van der Waals surface area (Å²) in [6, 6.07) is 0.455. The SMILES string of the molecule is CC[C@H]1CN(C(=O)Cn2cnnn2)C[C@@H]1N1CCOCC1. The lowest BCUT2D eigenvalue weighted by atomic mass is 9.99. The van der Waals surface area contributed by atoms with Crippen LogP contribution in [-0.4, -0.2) is 81.3 Å². The third kappa shape index (κ3) is 3.21. The van der Waals surface area contributed by atoms with Gasteiger partial charge < -0.3 is 9.64 Å². The van der Waals surface area contributed by atoms with Gasteiger partial charge in [0.2, 0.25) is 5.91 Å². The Morgan fingerprint density at radius 3 is 2.81 bits per heavy atom. The topological polar surface area (TPSA) is 76.4 Å². The van der Waals surface area contributed by atoms with Crippen LogP contribution in [0.2, 0.25) is 0 Å². The minimum Gasteiger partial charge on any atom is -0.379 e. The summed E-state index contributed by atoms with van der Waals surface area (Å²) in [6.07, 6.45) is 2.57. The minimum atomic E-state index is 0.0940. The third-order valence-corrected chi connectivity index (χ3v) is 4.49. The van der Waals surface area contributed by atoms with E-state index in [0.717, 1.165) is 45.8 Å². The molecular weight excluding hydrogens is 272 g/mol. The van der Waals surface area contributed by atoms with Gasteiger partial charge >= 0.3 is 0 Å². The number of likely N-dealkylation sites (tertiary alicyclic amines) is 1. The molecule has 2 fully saturated rings. The van der Waals surface area contributed by atoms with E-state index in [1.54, 1.807) is 0 Å². The van der Waals surface area contributed by atoms with Crippen LogP contribution in [0.5, 0.6) is 0 Å². The fourth-order valence-corrected chi connectivity index (χ4v) is 3.27. The molecule has 1 aromatic rings. The van der Waals surface area contributed by atoms with Crippen molar-refractivity contribution in [3.05, 3.63) is 6.33 Å². The van der Waals surface area contributed by atoms with Crippen molar-refractivity contribution < 1.29 is 9.53 Å². The molecule has 0 aliphatic carbocycles. The van der Waals surface area contributed by atoms with Crippen molar-refractivity contribution in [1.82, 2.24) is 30.0 Å². The summed E-state index contributed by atoms with van der Waals surface area (Å²) in [5.74, 6) is 0.637. The number of nitrogens with zero attached hydrogens (tertiary/aromatic N) is 6. The van der Waals surface area contributed by atoms with Crippen LogP contribution in [0.3, 0.4) is 0 Å². The van der Waals surface area contributed by atoms with Crippen LogP contribution in [-0.2, 0) is 16.1 Å². The monoisotopic (exact) mass is 294 g/mol. The minimum absolute atomic E-state index is 0.0940. The fourth-order valence-electron chi connectivity index (χ4n) is 3.27. The van der Waals surface area contributed by atoms with Gasteiger partial charge in [0.1, 0.15) is 12.9 Å². The highest BCUT2D eigenvalue weighted by Gasteiger charge is 2.37. The number of carbonyl (C=O) groups is 1. The van der Waals surface area contributed by atoms with Crippen molar-refractivity contribution in [1.29, 1.82) is 0 Å². The predicted octanol–water partition coefficient (Wildman–Crippen LogP) is -0.758. The summed E-state index contributed by atoms with van der Waals surface area (Å²) < 4.78 is 6.90. The summed E-state index contributed by atoms with van der Waals surface area (Å²) in [5, 5.41) is 10.9. The lowest BCUT2D eigenvalue weighted by Crippen LogP contribution is -2.47. The van der Waals surface area contributed by atoms with Gasteiger partial charge in [0.25, 0.3) is 0 Å². The lowest BCUT2D eigenvalue weighted by Gasteiger charge is -2.34. The Balaban J connectivity index is 1.61. The van der Waals surface area contributed by atoms with Crippen LogP contribution in [0.1, 0.15) is 13.3 Å². The van der Waals surface area contributed by atoms with Crippen LogP contribution in [0.15, 0.2) is 6.33 Å². The molecular formula is C13H22N6O2. The van der Waals surface area contributed by atoms with E-state index in [2.05, 4.69) is 27.3 Å². The quantitative estimate of drug-likeness (QED) is 0.727. The molecule has 1 aromatic heterocycles. The molecule has 8 nitrogen and oxygen atoms in total. The number of tetrazole rings is 1. The van der Waals surface area contributed by atoms with Crippen molar-refractivity contribution in [3.63, 3.8) is 0 Å². The second-order valence-corrected chi connectivity index (χ2v) is 5.69. The fraction of sp³-hybridized carbons (Fsp3) is 0.846. The van der Waals surface area contributed by atoms with Crippen molar-refractivity contribution in [2.75, 3.05) is 39.4 Å². The molecule has 2 saturated heterocycles. The van der Waals surface area contributed by atoms with Gasteiger partial charge in [-0.25, -0.2) is 4.68 Å². The Morgan fingerprint density at radius 1 is 1.33 bits per heavy atom. The van der Waals surface area contributed by atoms with Gasteiger partial charge in [-0.1, -0.05) is 13.3 Å². The van der Waals surface area contributed by atoms with E-state index >= 15 is 0 Å². The zero-order valence-corrected chi connectivity index (χ0v) is 12.4. The average Bonchev–Trinajstić information content (AvgIpc) is 3.17. The maximum Gasteiger partial charge on any atom is 0.244 e. The molecule has 2 aliphatic heterocycles. The number of hydrogen-bond donors (Lipinski definition) is 0. The summed E-state index contributed by atoms with van der Waals surface area (Å²) in [7, 11) is 0.